The molecule has 35 heavy (non-hydrogen) atoms. The van der Waals surface area contributed by atoms with Crippen LogP contribution in [0.5, 0.6) is 0 Å². The maximum absolute atomic E-state index is 13.6. The number of hydrogen-bond donors (Lipinski definition) is 1. The molecule has 0 saturated heterocycles. The molecule has 0 aliphatic carbocycles. The second-order valence-corrected chi connectivity index (χ2v) is 8.59. The first-order chi connectivity index (χ1) is 17.0. The van der Waals surface area contributed by atoms with E-state index in [0.29, 0.717) is 40.2 Å². The van der Waals surface area contributed by atoms with Crippen molar-refractivity contribution in [3.05, 3.63) is 83.6 Å². The van der Waals surface area contributed by atoms with Crippen molar-refractivity contribution in [1.29, 1.82) is 0 Å². The normalized spacial score (nSPS) is 12.8. The molecule has 7 nitrogen and oxygen atoms in total. The molecule has 3 heterocycles. The minimum atomic E-state index is -0.328. The standard InChI is InChI=1S/C27H25FN6O/c1-17-15-18(2)34(33-17)26-25(19-7-10-21(28)11-8-19)31-24-16-20(9-12-23(24)32-26)27(35)30-14-4-6-22-5-3-13-29-22/h3,7-13,15-16H,4-6,14H2,1-2H3,(H,30,35). The highest BCUT2D eigenvalue weighted by Crippen LogP contribution is 2.27. The Labute approximate surface area is 202 Å². The van der Waals surface area contributed by atoms with Crippen LogP contribution < -0.4 is 5.32 Å². The van der Waals surface area contributed by atoms with E-state index in [0.717, 1.165) is 36.4 Å². The molecule has 1 aliphatic rings. The number of carbonyl (C=O) groups excluding carboxylic acids is 1. The van der Waals surface area contributed by atoms with E-state index in [1.807, 2.05) is 32.2 Å². The van der Waals surface area contributed by atoms with E-state index in [4.69, 9.17) is 9.97 Å². The topological polar surface area (TPSA) is 85.1 Å². The Hall–Kier alpha value is -4.20. The number of nitrogens with one attached hydrogen (secondary N) is 1. The summed E-state index contributed by atoms with van der Waals surface area (Å²) in [4.78, 5) is 26.7. The third-order valence-electron chi connectivity index (χ3n) is 5.88. The Bertz CT molecular complexity index is 1470. The highest BCUT2D eigenvalue weighted by atomic mass is 19.1. The third kappa shape index (κ3) is 4.87. The van der Waals surface area contributed by atoms with Crippen molar-refractivity contribution < 1.29 is 9.18 Å². The second-order valence-electron chi connectivity index (χ2n) is 8.59. The first kappa shape index (κ1) is 22.6. The number of nitrogens with zero attached hydrogens (tertiary/aromatic N) is 5. The first-order valence-electron chi connectivity index (χ1n) is 11.6. The molecule has 176 valence electrons. The van der Waals surface area contributed by atoms with Gasteiger partial charge in [-0.1, -0.05) is 6.08 Å². The average Bonchev–Trinajstić information content (AvgIpc) is 3.50. The molecule has 0 fully saturated rings. The van der Waals surface area contributed by atoms with E-state index in [1.54, 1.807) is 35.0 Å². The van der Waals surface area contributed by atoms with Gasteiger partial charge in [-0.25, -0.2) is 19.0 Å². The molecule has 0 atom stereocenters. The van der Waals surface area contributed by atoms with E-state index in [-0.39, 0.29) is 11.7 Å². The molecule has 8 heteroatoms. The summed E-state index contributed by atoms with van der Waals surface area (Å²) >= 11 is 0. The third-order valence-corrected chi connectivity index (χ3v) is 5.88. The van der Waals surface area contributed by atoms with Crippen LogP contribution in [0, 0.1) is 19.7 Å². The lowest BCUT2D eigenvalue weighted by Gasteiger charge is -2.12. The Kier molecular flexibility index (Phi) is 6.18. The van der Waals surface area contributed by atoms with Gasteiger partial charge in [-0.3, -0.25) is 9.79 Å². The molecule has 5 rings (SSSR count). The summed E-state index contributed by atoms with van der Waals surface area (Å²) in [7, 11) is 0. The van der Waals surface area contributed by atoms with Crippen molar-refractivity contribution in [2.45, 2.75) is 33.1 Å². The van der Waals surface area contributed by atoms with Crippen LogP contribution in [0.3, 0.4) is 0 Å². The van der Waals surface area contributed by atoms with Gasteiger partial charge in [0.25, 0.3) is 5.91 Å². The van der Waals surface area contributed by atoms with Gasteiger partial charge in [0, 0.05) is 41.7 Å². The maximum Gasteiger partial charge on any atom is 0.251 e. The molecule has 0 radical (unpaired) electrons. The highest BCUT2D eigenvalue weighted by Gasteiger charge is 2.17. The fraction of sp³-hybridized carbons (Fsp3) is 0.222. The van der Waals surface area contributed by atoms with E-state index >= 15 is 0 Å². The first-order valence-corrected chi connectivity index (χ1v) is 11.6. The number of amides is 1. The number of benzene rings is 2. The van der Waals surface area contributed by atoms with Crippen LogP contribution in [-0.4, -0.2) is 37.9 Å². The van der Waals surface area contributed by atoms with Gasteiger partial charge in [-0.15, -0.1) is 0 Å². The molecule has 1 N–H and O–H groups in total. The summed E-state index contributed by atoms with van der Waals surface area (Å²) in [6.07, 6.45) is 6.45. The summed E-state index contributed by atoms with van der Waals surface area (Å²) in [6.45, 7) is 4.43. The molecule has 0 unspecified atom stereocenters. The SMILES string of the molecule is Cc1cc(C)n(-c2nc3ccc(C(=O)NCCCC4=NC=CC4)cc3nc2-c2ccc(F)cc2)n1. The number of aryl methyl sites for hydroxylation is 2. The van der Waals surface area contributed by atoms with Crippen LogP contribution in [-0.2, 0) is 0 Å². The number of hydrogen-bond acceptors (Lipinski definition) is 5. The Morgan fingerprint density at radius 1 is 1.06 bits per heavy atom. The molecule has 1 aliphatic heterocycles. The van der Waals surface area contributed by atoms with Gasteiger partial charge in [0.15, 0.2) is 5.82 Å². The smallest absolute Gasteiger partial charge is 0.251 e. The summed E-state index contributed by atoms with van der Waals surface area (Å²) < 4.78 is 15.3. The monoisotopic (exact) mass is 468 g/mol. The van der Waals surface area contributed by atoms with E-state index in [9.17, 15) is 9.18 Å². The van der Waals surface area contributed by atoms with Crippen LogP contribution in [0.25, 0.3) is 28.1 Å². The molecule has 0 spiro atoms. The summed E-state index contributed by atoms with van der Waals surface area (Å²) in [5.74, 6) is 0.0627. The number of fused-ring (bicyclic) bond motifs is 1. The van der Waals surface area contributed by atoms with Gasteiger partial charge >= 0.3 is 0 Å². The van der Waals surface area contributed by atoms with E-state index in [1.165, 1.54) is 12.1 Å². The van der Waals surface area contributed by atoms with Crippen molar-refractivity contribution in [3.8, 4) is 17.1 Å². The van der Waals surface area contributed by atoms with E-state index in [2.05, 4.69) is 15.4 Å². The number of aromatic nitrogens is 4. The van der Waals surface area contributed by atoms with Crippen LogP contribution in [0.15, 0.2) is 65.8 Å². The Morgan fingerprint density at radius 2 is 1.89 bits per heavy atom. The molecule has 0 saturated carbocycles. The summed E-state index contributed by atoms with van der Waals surface area (Å²) in [5, 5.41) is 7.54. The Morgan fingerprint density at radius 3 is 2.60 bits per heavy atom. The lowest BCUT2D eigenvalue weighted by atomic mass is 10.1. The van der Waals surface area contributed by atoms with Crippen LogP contribution in [0.1, 0.15) is 41.0 Å². The fourth-order valence-electron chi connectivity index (χ4n) is 4.14. The van der Waals surface area contributed by atoms with Gasteiger partial charge in [0.2, 0.25) is 0 Å². The van der Waals surface area contributed by atoms with Gasteiger partial charge in [-0.2, -0.15) is 5.10 Å². The summed E-state index contributed by atoms with van der Waals surface area (Å²) in [5.41, 5.74) is 5.92. The number of allylic oxidation sites excluding steroid dienone is 1. The quantitative estimate of drug-likeness (QED) is 0.382. The number of rotatable bonds is 7. The van der Waals surface area contributed by atoms with Crippen molar-refractivity contribution in [2.24, 2.45) is 4.99 Å². The lowest BCUT2D eigenvalue weighted by molar-refractivity contribution is 0.0953. The van der Waals surface area contributed by atoms with E-state index < -0.39 is 0 Å². The fourth-order valence-corrected chi connectivity index (χ4v) is 4.14. The largest absolute Gasteiger partial charge is 0.352 e. The minimum absolute atomic E-state index is 0.161. The van der Waals surface area contributed by atoms with Gasteiger partial charge in [0.05, 0.1) is 16.7 Å². The van der Waals surface area contributed by atoms with Crippen molar-refractivity contribution in [2.75, 3.05) is 6.54 Å². The number of carbonyl (C=O) groups is 1. The van der Waals surface area contributed by atoms with Crippen molar-refractivity contribution in [3.63, 3.8) is 0 Å². The van der Waals surface area contributed by atoms with Gasteiger partial charge < -0.3 is 5.32 Å². The predicted molar refractivity (Wildman–Crippen MR) is 134 cm³/mol. The molecule has 4 aromatic rings. The zero-order valence-corrected chi connectivity index (χ0v) is 19.6. The number of aliphatic imine (C=N–C) groups is 1. The number of halogens is 1. The molecular weight excluding hydrogens is 443 g/mol. The highest BCUT2D eigenvalue weighted by molar-refractivity contribution is 5.97. The molecule has 2 aromatic heterocycles. The van der Waals surface area contributed by atoms with Crippen LogP contribution in [0.2, 0.25) is 0 Å². The van der Waals surface area contributed by atoms with Gasteiger partial charge in [0.1, 0.15) is 11.5 Å². The zero-order chi connectivity index (χ0) is 24.4. The average molecular weight is 469 g/mol. The van der Waals surface area contributed by atoms with Crippen LogP contribution >= 0.6 is 0 Å². The molecular formula is C27H25FN6O. The lowest BCUT2D eigenvalue weighted by Crippen LogP contribution is -2.24. The molecule has 0 bridgehead atoms. The summed E-state index contributed by atoms with van der Waals surface area (Å²) in [6, 6.07) is 13.4. The molecule has 1 amide bonds. The maximum atomic E-state index is 13.6. The zero-order valence-electron chi connectivity index (χ0n) is 19.6. The van der Waals surface area contributed by atoms with Crippen molar-refractivity contribution in [1.82, 2.24) is 25.1 Å². The van der Waals surface area contributed by atoms with Crippen molar-refractivity contribution >= 4 is 22.7 Å². The van der Waals surface area contributed by atoms with Gasteiger partial charge in [-0.05, 0) is 75.2 Å². The minimum Gasteiger partial charge on any atom is -0.352 e. The second kappa shape index (κ2) is 9.58. The molecule has 2 aromatic carbocycles. The Balaban J connectivity index is 1.45. The predicted octanol–water partition coefficient (Wildman–Crippen LogP) is 5.11. The van der Waals surface area contributed by atoms with Crippen LogP contribution in [0.4, 0.5) is 4.39 Å².